The predicted molar refractivity (Wildman–Crippen MR) is 81.5 cm³/mol. The summed E-state index contributed by atoms with van der Waals surface area (Å²) in [5.74, 6) is 0.219. The van der Waals surface area contributed by atoms with Gasteiger partial charge >= 0.3 is 0 Å². The molecule has 0 saturated heterocycles. The molecule has 98 valence electrons. The van der Waals surface area contributed by atoms with E-state index in [1.807, 2.05) is 36.4 Å². The number of aliphatic hydroxyl groups is 1. The lowest BCUT2D eigenvalue weighted by Gasteiger charge is -2.16. The lowest BCUT2D eigenvalue weighted by atomic mass is 9.94. The summed E-state index contributed by atoms with van der Waals surface area (Å²) in [5.41, 5.74) is 3.43. The van der Waals surface area contributed by atoms with Crippen molar-refractivity contribution in [3.63, 3.8) is 0 Å². The second-order valence-corrected chi connectivity index (χ2v) is 6.37. The Balaban J connectivity index is 1.83. The van der Waals surface area contributed by atoms with E-state index >= 15 is 0 Å². The SMILES string of the molecule is OC1c2ccccc2CC1Cc1ccc(Br)cc1Cl. The third-order valence-corrected chi connectivity index (χ3v) is 4.64. The molecular formula is C16H14BrClO. The first kappa shape index (κ1) is 13.2. The van der Waals surface area contributed by atoms with E-state index in [2.05, 4.69) is 22.0 Å². The minimum Gasteiger partial charge on any atom is -0.388 e. The quantitative estimate of drug-likeness (QED) is 0.852. The van der Waals surface area contributed by atoms with Gasteiger partial charge < -0.3 is 5.11 Å². The van der Waals surface area contributed by atoms with Crippen LogP contribution in [0.25, 0.3) is 0 Å². The monoisotopic (exact) mass is 336 g/mol. The zero-order valence-electron chi connectivity index (χ0n) is 10.3. The van der Waals surface area contributed by atoms with Crippen LogP contribution in [0, 0.1) is 5.92 Å². The van der Waals surface area contributed by atoms with Gasteiger partial charge in [0.15, 0.2) is 0 Å². The van der Waals surface area contributed by atoms with Gasteiger partial charge in [-0.2, -0.15) is 0 Å². The van der Waals surface area contributed by atoms with E-state index in [9.17, 15) is 5.11 Å². The first-order chi connectivity index (χ1) is 9.15. The lowest BCUT2D eigenvalue weighted by molar-refractivity contribution is 0.123. The number of hydrogen-bond acceptors (Lipinski definition) is 1. The zero-order chi connectivity index (χ0) is 13.4. The molecule has 0 bridgehead atoms. The molecule has 3 rings (SSSR count). The van der Waals surface area contributed by atoms with E-state index in [-0.39, 0.29) is 12.0 Å². The summed E-state index contributed by atoms with van der Waals surface area (Å²) >= 11 is 9.67. The Labute approximate surface area is 126 Å². The molecule has 0 fully saturated rings. The molecule has 1 nitrogen and oxygen atoms in total. The number of halogens is 2. The summed E-state index contributed by atoms with van der Waals surface area (Å²) < 4.78 is 0.983. The molecule has 3 heteroatoms. The van der Waals surface area contributed by atoms with Crippen molar-refractivity contribution in [3.05, 3.63) is 68.7 Å². The summed E-state index contributed by atoms with van der Waals surface area (Å²) in [6, 6.07) is 14.1. The Kier molecular flexibility index (Phi) is 3.66. The fourth-order valence-corrected chi connectivity index (χ4v) is 3.56. The number of fused-ring (bicyclic) bond motifs is 1. The van der Waals surface area contributed by atoms with Gasteiger partial charge in [0, 0.05) is 9.50 Å². The highest BCUT2D eigenvalue weighted by atomic mass is 79.9. The molecular weight excluding hydrogens is 324 g/mol. The van der Waals surface area contributed by atoms with E-state index in [0.717, 1.165) is 33.5 Å². The molecule has 2 atom stereocenters. The van der Waals surface area contributed by atoms with Crippen molar-refractivity contribution < 1.29 is 5.11 Å². The molecule has 0 aliphatic heterocycles. The van der Waals surface area contributed by atoms with Gasteiger partial charge in [0.1, 0.15) is 0 Å². The van der Waals surface area contributed by atoms with Crippen LogP contribution in [0.2, 0.25) is 5.02 Å². The zero-order valence-corrected chi connectivity index (χ0v) is 12.7. The summed E-state index contributed by atoms with van der Waals surface area (Å²) in [6.45, 7) is 0. The third-order valence-electron chi connectivity index (χ3n) is 3.80. The highest BCUT2D eigenvalue weighted by molar-refractivity contribution is 9.10. The number of hydrogen-bond donors (Lipinski definition) is 1. The second kappa shape index (κ2) is 5.28. The van der Waals surface area contributed by atoms with Crippen LogP contribution in [0.5, 0.6) is 0 Å². The average Bonchev–Trinajstić information content (AvgIpc) is 2.70. The fourth-order valence-electron chi connectivity index (χ4n) is 2.81. The molecule has 0 amide bonds. The smallest absolute Gasteiger partial charge is 0.0827 e. The fraction of sp³-hybridized carbons (Fsp3) is 0.250. The summed E-state index contributed by atoms with van der Waals surface area (Å²) in [4.78, 5) is 0. The van der Waals surface area contributed by atoms with Gasteiger partial charge in [-0.25, -0.2) is 0 Å². The van der Waals surface area contributed by atoms with Crippen LogP contribution in [-0.4, -0.2) is 5.11 Å². The highest BCUT2D eigenvalue weighted by Crippen LogP contribution is 2.38. The molecule has 1 aliphatic rings. The van der Waals surface area contributed by atoms with Crippen molar-refractivity contribution >= 4 is 27.5 Å². The molecule has 0 aromatic heterocycles. The first-order valence-corrected chi connectivity index (χ1v) is 7.52. The van der Waals surface area contributed by atoms with Gasteiger partial charge in [-0.3, -0.25) is 0 Å². The van der Waals surface area contributed by atoms with Gasteiger partial charge in [-0.05, 0) is 47.6 Å². The molecule has 2 aromatic rings. The number of benzene rings is 2. The van der Waals surface area contributed by atoms with E-state index < -0.39 is 0 Å². The van der Waals surface area contributed by atoms with Gasteiger partial charge in [0.05, 0.1) is 6.10 Å². The minimum atomic E-state index is -0.379. The molecule has 1 aliphatic carbocycles. The Hall–Kier alpha value is -0.830. The molecule has 0 heterocycles. The molecule has 1 N–H and O–H groups in total. The van der Waals surface area contributed by atoms with E-state index in [4.69, 9.17) is 11.6 Å². The van der Waals surface area contributed by atoms with Crippen LogP contribution in [0.15, 0.2) is 46.9 Å². The number of aliphatic hydroxyl groups excluding tert-OH is 1. The van der Waals surface area contributed by atoms with Crippen molar-refractivity contribution in [1.82, 2.24) is 0 Å². The Morgan fingerprint density at radius 1 is 1.21 bits per heavy atom. The Morgan fingerprint density at radius 2 is 2.00 bits per heavy atom. The van der Waals surface area contributed by atoms with Crippen molar-refractivity contribution in [1.29, 1.82) is 0 Å². The van der Waals surface area contributed by atoms with E-state index in [1.165, 1.54) is 5.56 Å². The van der Waals surface area contributed by atoms with Crippen LogP contribution in [0.1, 0.15) is 22.8 Å². The summed E-state index contributed by atoms with van der Waals surface area (Å²) in [5, 5.41) is 11.2. The van der Waals surface area contributed by atoms with Crippen molar-refractivity contribution in [2.45, 2.75) is 18.9 Å². The molecule has 19 heavy (non-hydrogen) atoms. The molecule has 2 unspecified atom stereocenters. The maximum absolute atomic E-state index is 10.4. The topological polar surface area (TPSA) is 20.2 Å². The largest absolute Gasteiger partial charge is 0.388 e. The van der Waals surface area contributed by atoms with Crippen LogP contribution in [0.4, 0.5) is 0 Å². The first-order valence-electron chi connectivity index (χ1n) is 6.35. The normalized spacial score (nSPS) is 21.4. The van der Waals surface area contributed by atoms with Crippen molar-refractivity contribution in [2.24, 2.45) is 5.92 Å². The van der Waals surface area contributed by atoms with Crippen molar-refractivity contribution in [2.75, 3.05) is 0 Å². The van der Waals surface area contributed by atoms with Gasteiger partial charge in [0.25, 0.3) is 0 Å². The van der Waals surface area contributed by atoms with Crippen molar-refractivity contribution in [3.8, 4) is 0 Å². The van der Waals surface area contributed by atoms with Crippen LogP contribution in [-0.2, 0) is 12.8 Å². The maximum Gasteiger partial charge on any atom is 0.0827 e. The number of rotatable bonds is 2. The average molecular weight is 338 g/mol. The molecule has 0 spiro atoms. The van der Waals surface area contributed by atoms with Crippen LogP contribution >= 0.6 is 27.5 Å². The summed E-state index contributed by atoms with van der Waals surface area (Å²) in [7, 11) is 0. The molecule has 0 saturated carbocycles. The maximum atomic E-state index is 10.4. The minimum absolute atomic E-state index is 0.219. The molecule has 2 aromatic carbocycles. The van der Waals surface area contributed by atoms with E-state index in [1.54, 1.807) is 0 Å². The van der Waals surface area contributed by atoms with E-state index in [0.29, 0.717) is 0 Å². The highest BCUT2D eigenvalue weighted by Gasteiger charge is 2.30. The summed E-state index contributed by atoms with van der Waals surface area (Å²) in [6.07, 6.45) is 1.35. The van der Waals surface area contributed by atoms with Crippen LogP contribution in [0.3, 0.4) is 0 Å². The third kappa shape index (κ3) is 2.58. The standard InChI is InChI=1S/C16H14BrClO/c17-13-6-5-11(15(18)9-13)8-12-7-10-3-1-2-4-14(10)16(12)19/h1-6,9,12,16,19H,7-8H2. The Bertz CT molecular complexity index is 611. The lowest BCUT2D eigenvalue weighted by Crippen LogP contribution is -2.10. The van der Waals surface area contributed by atoms with Gasteiger partial charge in [0.2, 0.25) is 0 Å². The Morgan fingerprint density at radius 3 is 2.74 bits per heavy atom. The van der Waals surface area contributed by atoms with Crippen LogP contribution < -0.4 is 0 Å². The van der Waals surface area contributed by atoms with Gasteiger partial charge in [-0.1, -0.05) is 57.9 Å². The second-order valence-electron chi connectivity index (χ2n) is 5.05. The van der Waals surface area contributed by atoms with Gasteiger partial charge in [-0.15, -0.1) is 0 Å². The molecule has 0 radical (unpaired) electrons. The predicted octanol–water partition coefficient (Wildman–Crippen LogP) is 4.55.